The summed E-state index contributed by atoms with van der Waals surface area (Å²) in [6.07, 6.45) is 1.38. The third-order valence-corrected chi connectivity index (χ3v) is 2.85. The first-order valence-corrected chi connectivity index (χ1v) is 6.45. The van der Waals surface area contributed by atoms with Gasteiger partial charge in [-0.1, -0.05) is 30.3 Å². The van der Waals surface area contributed by atoms with Crippen molar-refractivity contribution in [2.24, 2.45) is 0 Å². The Hall–Kier alpha value is -0.710. The Labute approximate surface area is 77.8 Å². The van der Waals surface area contributed by atoms with Gasteiger partial charge in [0.25, 0.3) is 0 Å². The first kappa shape index (κ1) is 10.4. The molecular formula is C9H14O3S. The van der Waals surface area contributed by atoms with Gasteiger partial charge in [0.15, 0.2) is 0 Å². The van der Waals surface area contributed by atoms with E-state index in [-0.39, 0.29) is 5.75 Å². The predicted octanol–water partition coefficient (Wildman–Crippen LogP) is 1.63. The summed E-state index contributed by atoms with van der Waals surface area (Å²) < 4.78 is 29.2. The lowest BCUT2D eigenvalue weighted by molar-refractivity contribution is 0.398. The molecule has 13 heavy (non-hydrogen) atoms. The van der Waals surface area contributed by atoms with Crippen LogP contribution in [0.5, 0.6) is 0 Å². The minimum atomic E-state index is -4.32. The van der Waals surface area contributed by atoms with Gasteiger partial charge in [0.1, 0.15) is 0 Å². The van der Waals surface area contributed by atoms with Crippen LogP contribution in [0.4, 0.5) is 0 Å². The van der Waals surface area contributed by atoms with Crippen LogP contribution < -0.4 is 0 Å². The van der Waals surface area contributed by atoms with E-state index in [1.54, 1.807) is 0 Å². The highest BCUT2D eigenvalue weighted by Gasteiger charge is 2.21. The van der Waals surface area contributed by atoms with E-state index in [0.717, 1.165) is 11.8 Å². The van der Waals surface area contributed by atoms with Crippen molar-refractivity contribution in [1.29, 1.82) is 0 Å². The quantitative estimate of drug-likeness (QED) is 0.783. The third-order valence-electron chi connectivity index (χ3n) is 1.70. The normalized spacial score (nSPS) is 14.8. The van der Waals surface area contributed by atoms with Crippen LogP contribution >= 0.6 is 0 Å². The first-order valence-electron chi connectivity index (χ1n) is 3.99. The van der Waals surface area contributed by atoms with Crippen LogP contribution in [0.25, 0.3) is 0 Å². The van der Waals surface area contributed by atoms with E-state index in [1.165, 1.54) is 0 Å². The van der Waals surface area contributed by atoms with E-state index in [0.29, 0.717) is 6.42 Å². The smallest absolute Gasteiger partial charge is 0.0801 e. The van der Waals surface area contributed by atoms with E-state index >= 15 is 0 Å². The van der Waals surface area contributed by atoms with E-state index in [1.807, 2.05) is 30.3 Å². The SMILES string of the molecule is CS(=O)(O)(O)CCc1ccccc1. The van der Waals surface area contributed by atoms with Gasteiger partial charge in [0.2, 0.25) is 0 Å². The maximum absolute atomic E-state index is 11.1. The summed E-state index contributed by atoms with van der Waals surface area (Å²) in [6.45, 7) is 0. The van der Waals surface area contributed by atoms with Crippen molar-refractivity contribution in [3.05, 3.63) is 35.9 Å². The van der Waals surface area contributed by atoms with Gasteiger partial charge in [-0.25, -0.2) is 4.21 Å². The molecular weight excluding hydrogens is 188 g/mol. The van der Waals surface area contributed by atoms with Gasteiger partial charge in [-0.15, -0.1) is 0 Å². The molecule has 0 aliphatic carbocycles. The molecule has 0 fully saturated rings. The Morgan fingerprint density at radius 3 is 2.23 bits per heavy atom. The monoisotopic (exact) mass is 202 g/mol. The number of rotatable bonds is 3. The van der Waals surface area contributed by atoms with Crippen LogP contribution in [0.15, 0.2) is 30.3 Å². The van der Waals surface area contributed by atoms with Crippen molar-refractivity contribution in [1.82, 2.24) is 0 Å². The molecule has 0 saturated heterocycles. The van der Waals surface area contributed by atoms with Crippen molar-refractivity contribution in [3.63, 3.8) is 0 Å². The van der Waals surface area contributed by atoms with Crippen LogP contribution in [0, 0.1) is 0 Å². The molecule has 74 valence electrons. The first-order chi connectivity index (χ1) is 5.83. The molecule has 0 amide bonds. The molecule has 0 heterocycles. The molecule has 0 radical (unpaired) electrons. The maximum Gasteiger partial charge on any atom is 0.0801 e. The van der Waals surface area contributed by atoms with Crippen LogP contribution in [-0.2, 0) is 16.0 Å². The molecule has 0 aliphatic heterocycles. The van der Waals surface area contributed by atoms with Gasteiger partial charge in [0.05, 0.1) is 15.4 Å². The second kappa shape index (κ2) is 3.21. The molecule has 0 atom stereocenters. The molecule has 4 heteroatoms. The molecule has 0 bridgehead atoms. The summed E-state index contributed by atoms with van der Waals surface area (Å²) >= 11 is 0. The van der Waals surface area contributed by atoms with Gasteiger partial charge < -0.3 is 9.11 Å². The van der Waals surface area contributed by atoms with Crippen LogP contribution in [0.2, 0.25) is 0 Å². The molecule has 0 aliphatic rings. The van der Waals surface area contributed by atoms with E-state index < -0.39 is 9.63 Å². The summed E-state index contributed by atoms with van der Waals surface area (Å²) in [7, 11) is -4.32. The summed E-state index contributed by atoms with van der Waals surface area (Å²) in [4.78, 5) is 0. The maximum atomic E-state index is 11.1. The average molecular weight is 202 g/mol. The lowest BCUT2D eigenvalue weighted by atomic mass is 10.2. The average Bonchev–Trinajstić information content (AvgIpc) is 2.01. The second-order valence-corrected chi connectivity index (χ2v) is 6.63. The zero-order chi connectivity index (χ0) is 9.97. The minimum absolute atomic E-state index is 0.110. The molecule has 1 aromatic rings. The fourth-order valence-electron chi connectivity index (χ4n) is 0.998. The Morgan fingerprint density at radius 2 is 1.77 bits per heavy atom. The highest BCUT2D eigenvalue weighted by Crippen LogP contribution is 2.13. The topological polar surface area (TPSA) is 57.5 Å². The summed E-state index contributed by atoms with van der Waals surface area (Å²) in [6, 6.07) is 9.31. The highest BCUT2D eigenvalue weighted by molar-refractivity contribution is 8.09. The standard InChI is InChI=1S/C9H14O3S/c1-13(10,11,12)8-7-9-5-3-2-4-6-9/h2-6H,7-8H2,1H3,(H2,10,11,12). The van der Waals surface area contributed by atoms with Crippen molar-refractivity contribution in [2.45, 2.75) is 6.42 Å². The van der Waals surface area contributed by atoms with Crippen molar-refractivity contribution >= 4 is 9.63 Å². The number of aryl methyl sites for hydroxylation is 1. The predicted molar refractivity (Wildman–Crippen MR) is 54.3 cm³/mol. The van der Waals surface area contributed by atoms with Gasteiger partial charge >= 0.3 is 0 Å². The molecule has 0 spiro atoms. The number of hydrogen-bond donors (Lipinski definition) is 2. The summed E-state index contributed by atoms with van der Waals surface area (Å²) in [5.74, 6) is -0.110. The minimum Gasteiger partial charge on any atom is -0.308 e. The second-order valence-electron chi connectivity index (χ2n) is 3.37. The van der Waals surface area contributed by atoms with Crippen molar-refractivity contribution < 1.29 is 13.3 Å². The summed E-state index contributed by atoms with van der Waals surface area (Å²) in [5.41, 5.74) is 0.950. The molecule has 1 aromatic carbocycles. The zero-order valence-corrected chi connectivity index (χ0v) is 8.33. The third kappa shape index (κ3) is 4.77. The van der Waals surface area contributed by atoms with E-state index in [2.05, 4.69) is 0 Å². The number of benzene rings is 1. The highest BCUT2D eigenvalue weighted by atomic mass is 32.3. The van der Waals surface area contributed by atoms with Crippen molar-refractivity contribution in [3.8, 4) is 0 Å². The van der Waals surface area contributed by atoms with E-state index in [4.69, 9.17) is 9.11 Å². The van der Waals surface area contributed by atoms with Gasteiger partial charge in [-0.2, -0.15) is 0 Å². The van der Waals surface area contributed by atoms with Gasteiger partial charge in [0, 0.05) is 6.26 Å². The molecule has 0 aromatic heterocycles. The zero-order valence-electron chi connectivity index (χ0n) is 7.51. The van der Waals surface area contributed by atoms with E-state index in [9.17, 15) is 4.21 Å². The fraction of sp³-hybridized carbons (Fsp3) is 0.333. The lowest BCUT2D eigenvalue weighted by Crippen LogP contribution is -2.34. The van der Waals surface area contributed by atoms with Crippen LogP contribution in [0.3, 0.4) is 0 Å². The Bertz CT molecular complexity index is 328. The van der Waals surface area contributed by atoms with Crippen LogP contribution in [0.1, 0.15) is 5.56 Å². The number of hydrogen-bond acceptors (Lipinski definition) is 1. The largest absolute Gasteiger partial charge is 0.308 e. The van der Waals surface area contributed by atoms with Crippen molar-refractivity contribution in [2.75, 3.05) is 12.0 Å². The Morgan fingerprint density at radius 1 is 1.23 bits per heavy atom. The molecule has 0 saturated carbocycles. The Kier molecular flexibility index (Phi) is 2.56. The molecule has 0 unspecified atom stereocenters. The summed E-state index contributed by atoms with van der Waals surface area (Å²) in [5, 5.41) is 0. The van der Waals surface area contributed by atoms with Gasteiger partial charge in [-0.05, 0) is 12.0 Å². The molecule has 2 N–H and O–H groups in total. The lowest BCUT2D eigenvalue weighted by Gasteiger charge is -2.24. The molecule has 1 rings (SSSR count). The fourth-order valence-corrected chi connectivity index (χ4v) is 1.70. The Balaban J connectivity index is 2.60. The molecule has 3 nitrogen and oxygen atoms in total. The van der Waals surface area contributed by atoms with Crippen LogP contribution in [-0.4, -0.2) is 25.3 Å². The van der Waals surface area contributed by atoms with Gasteiger partial charge in [-0.3, -0.25) is 0 Å².